The molecule has 3 N–H and O–H groups in total. The summed E-state index contributed by atoms with van der Waals surface area (Å²) in [5.41, 5.74) is 7.28. The van der Waals surface area contributed by atoms with Crippen LogP contribution in [0.3, 0.4) is 0 Å². The number of carboxylic acid groups (broad SMARTS) is 1. The number of ether oxygens (including phenoxy) is 1. The average molecular weight is 721 g/mol. The Kier molecular flexibility index (Phi) is 10.2. The molecule has 0 saturated heterocycles. The summed E-state index contributed by atoms with van der Waals surface area (Å²) >= 11 is 0. The molecule has 2 heterocycles. The van der Waals surface area contributed by atoms with Gasteiger partial charge in [0, 0.05) is 31.6 Å². The number of nitriles is 1. The van der Waals surface area contributed by atoms with Crippen LogP contribution < -0.4 is 15.0 Å². The van der Waals surface area contributed by atoms with Crippen LogP contribution in [-0.2, 0) is 33.8 Å². The molecule has 2 aliphatic rings. The van der Waals surface area contributed by atoms with Gasteiger partial charge in [-0.05, 0) is 82.6 Å². The number of nitrogens with one attached hydrogen (secondary N) is 1. The number of hydrogen-bond donors (Lipinski definition) is 3. The Morgan fingerprint density at radius 3 is 2.22 bits per heavy atom. The first-order chi connectivity index (χ1) is 26.1. The number of phenols is 1. The number of aromatic hydroxyl groups is 1. The highest BCUT2D eigenvalue weighted by molar-refractivity contribution is 6.00. The first kappa shape index (κ1) is 35.9. The molecule has 5 aromatic rings. The number of carbonyl (C=O) groups excluding carboxylic acids is 2. The topological polar surface area (TPSA) is 143 Å². The molecule has 2 amide bonds. The Labute approximate surface area is 313 Å². The van der Waals surface area contributed by atoms with Gasteiger partial charge in [0.25, 0.3) is 5.91 Å². The minimum absolute atomic E-state index is 0.0911. The second kappa shape index (κ2) is 15.3. The van der Waals surface area contributed by atoms with Gasteiger partial charge in [-0.15, -0.1) is 0 Å². The number of anilines is 1. The molecule has 0 unspecified atom stereocenters. The monoisotopic (exact) mass is 720 g/mol. The van der Waals surface area contributed by atoms with E-state index in [1.807, 2.05) is 78.9 Å². The molecule has 0 fully saturated rings. The maximum atomic E-state index is 14.3. The molecule has 272 valence electrons. The second-order valence-corrected chi connectivity index (χ2v) is 13.8. The third-order valence-electron chi connectivity index (χ3n) is 10.4. The van der Waals surface area contributed by atoms with Gasteiger partial charge in [-0.3, -0.25) is 14.5 Å². The SMILES string of the molecule is CC[C@H](c1ccccc1)N1Cc2cc3c(cc2C[C@H]1C(=O)N[C@@H](Cc1ccc(-c2ccc(C#N)cc2)cc1)C(=O)O)N(C)C(=O)[C@@H](c1ccc(O)cc1)O3. The molecular formula is C44H40N4O6. The van der Waals surface area contributed by atoms with Crippen LogP contribution in [0.25, 0.3) is 11.1 Å². The summed E-state index contributed by atoms with van der Waals surface area (Å²) < 4.78 is 6.32. The van der Waals surface area contributed by atoms with Gasteiger partial charge in [-0.2, -0.15) is 5.26 Å². The van der Waals surface area contributed by atoms with Crippen LogP contribution in [0.4, 0.5) is 5.69 Å². The van der Waals surface area contributed by atoms with E-state index in [9.17, 15) is 24.6 Å². The van der Waals surface area contributed by atoms with Crippen molar-refractivity contribution in [2.24, 2.45) is 0 Å². The van der Waals surface area contributed by atoms with Gasteiger partial charge >= 0.3 is 5.97 Å². The van der Waals surface area contributed by atoms with Crippen LogP contribution >= 0.6 is 0 Å². The molecule has 4 atom stereocenters. The van der Waals surface area contributed by atoms with Crippen molar-refractivity contribution in [2.45, 2.75) is 57.0 Å². The fourth-order valence-electron chi connectivity index (χ4n) is 7.49. The standard InChI is InChI=1S/C44H40N4O6/c1-3-37(31-7-5-4-6-8-31)48-26-34-24-40-38(47(2)43(51)41(54-40)32-17-19-35(49)20-18-32)22-33(34)23-39(48)42(50)46-36(44(52)53)21-27-9-13-29(14-10-27)30-15-11-28(25-45)12-16-30/h4-20,22,24,36-37,39,41,49H,3,21,23,26H2,1-2H3,(H,46,50)(H,52,53)/t36-,37+,39-,41+/m0/s1. The van der Waals surface area contributed by atoms with E-state index < -0.39 is 24.2 Å². The van der Waals surface area contributed by atoms with Gasteiger partial charge in [-0.25, -0.2) is 4.79 Å². The largest absolute Gasteiger partial charge is 0.508 e. The molecule has 0 aromatic heterocycles. The molecule has 0 radical (unpaired) electrons. The van der Waals surface area contributed by atoms with Gasteiger partial charge in [0.05, 0.1) is 23.4 Å². The van der Waals surface area contributed by atoms with Crippen LogP contribution in [0.1, 0.15) is 58.9 Å². The molecule has 2 aliphatic heterocycles. The molecule has 10 heteroatoms. The quantitative estimate of drug-likeness (QED) is 0.144. The molecular weight excluding hydrogens is 681 g/mol. The minimum atomic E-state index is -1.17. The van der Waals surface area contributed by atoms with Gasteiger partial charge in [0.1, 0.15) is 17.5 Å². The summed E-state index contributed by atoms with van der Waals surface area (Å²) in [5, 5.41) is 32.1. The summed E-state index contributed by atoms with van der Waals surface area (Å²) in [6.07, 6.45) is 0.214. The molecule has 54 heavy (non-hydrogen) atoms. The van der Waals surface area contributed by atoms with Crippen molar-refractivity contribution in [3.63, 3.8) is 0 Å². The molecule has 7 rings (SSSR count). The smallest absolute Gasteiger partial charge is 0.326 e. The molecule has 0 bridgehead atoms. The third-order valence-corrected chi connectivity index (χ3v) is 10.4. The Bertz CT molecular complexity index is 2220. The normalized spacial score (nSPS) is 17.6. The summed E-state index contributed by atoms with van der Waals surface area (Å²) in [6, 6.07) is 35.1. The van der Waals surface area contributed by atoms with Crippen LogP contribution in [0.2, 0.25) is 0 Å². The maximum absolute atomic E-state index is 14.3. The zero-order valence-corrected chi connectivity index (χ0v) is 30.0. The number of aliphatic carboxylic acids is 1. The van der Waals surface area contributed by atoms with E-state index in [1.165, 1.54) is 12.1 Å². The van der Waals surface area contributed by atoms with Gasteiger partial charge in [0.15, 0.2) is 0 Å². The summed E-state index contributed by atoms with van der Waals surface area (Å²) in [5.74, 6) is -1.14. The molecule has 0 saturated carbocycles. The highest BCUT2D eigenvalue weighted by Gasteiger charge is 2.40. The number of hydrogen-bond acceptors (Lipinski definition) is 7. The Morgan fingerprint density at radius 2 is 1.59 bits per heavy atom. The van der Waals surface area contributed by atoms with Crippen molar-refractivity contribution >= 4 is 23.5 Å². The van der Waals surface area contributed by atoms with E-state index in [0.29, 0.717) is 42.0 Å². The lowest BCUT2D eigenvalue weighted by Crippen LogP contribution is -2.55. The Balaban J connectivity index is 1.16. The van der Waals surface area contributed by atoms with Crippen molar-refractivity contribution in [3.8, 4) is 28.7 Å². The highest BCUT2D eigenvalue weighted by atomic mass is 16.5. The Hall–Kier alpha value is -6.44. The lowest BCUT2D eigenvalue weighted by molar-refractivity contribution is -0.143. The molecule has 10 nitrogen and oxygen atoms in total. The molecule has 0 aliphatic carbocycles. The van der Waals surface area contributed by atoms with Crippen LogP contribution in [0, 0.1) is 11.3 Å². The summed E-state index contributed by atoms with van der Waals surface area (Å²) in [6.45, 7) is 2.47. The average Bonchev–Trinajstić information content (AvgIpc) is 3.19. The van der Waals surface area contributed by atoms with E-state index in [1.54, 1.807) is 36.2 Å². The highest BCUT2D eigenvalue weighted by Crippen LogP contribution is 2.43. The molecule has 0 spiro atoms. The van der Waals surface area contributed by atoms with Gasteiger partial charge in [0.2, 0.25) is 12.0 Å². The molecule has 5 aromatic carbocycles. The van der Waals surface area contributed by atoms with Crippen molar-refractivity contribution in [1.82, 2.24) is 10.2 Å². The van der Waals surface area contributed by atoms with Gasteiger partial charge < -0.3 is 25.2 Å². The van der Waals surface area contributed by atoms with Crippen LogP contribution in [0.5, 0.6) is 11.5 Å². The number of carboxylic acids is 1. The van der Waals surface area contributed by atoms with Crippen molar-refractivity contribution in [3.05, 3.63) is 149 Å². The first-order valence-electron chi connectivity index (χ1n) is 18.0. The number of phenolic OH excluding ortho intramolecular Hbond substituents is 1. The van der Waals surface area contributed by atoms with Crippen molar-refractivity contribution in [2.75, 3.05) is 11.9 Å². The minimum Gasteiger partial charge on any atom is -0.508 e. The van der Waals surface area contributed by atoms with Gasteiger partial charge in [-0.1, -0.05) is 85.8 Å². The zero-order valence-electron chi connectivity index (χ0n) is 30.0. The lowest BCUT2D eigenvalue weighted by atomic mass is 9.88. The number of likely N-dealkylation sites (N-methyl/N-ethyl adjacent to an activating group) is 1. The maximum Gasteiger partial charge on any atom is 0.326 e. The van der Waals surface area contributed by atoms with Crippen molar-refractivity contribution in [1.29, 1.82) is 5.26 Å². The fourth-order valence-corrected chi connectivity index (χ4v) is 7.49. The van der Waals surface area contributed by atoms with E-state index >= 15 is 0 Å². The fraction of sp³-hybridized carbons (Fsp3) is 0.227. The predicted octanol–water partition coefficient (Wildman–Crippen LogP) is 6.72. The van der Waals surface area contributed by atoms with E-state index in [2.05, 4.69) is 23.2 Å². The zero-order chi connectivity index (χ0) is 37.9. The number of carbonyl (C=O) groups is 3. The van der Waals surface area contributed by atoms with Crippen LogP contribution in [0.15, 0.2) is 115 Å². The number of benzene rings is 5. The first-order valence-corrected chi connectivity index (χ1v) is 18.0. The number of nitrogens with zero attached hydrogens (tertiary/aromatic N) is 3. The summed E-state index contributed by atoms with van der Waals surface area (Å²) in [4.78, 5) is 44.2. The van der Waals surface area contributed by atoms with Crippen LogP contribution in [-0.4, -0.2) is 52.0 Å². The second-order valence-electron chi connectivity index (χ2n) is 13.8. The van der Waals surface area contributed by atoms with E-state index in [4.69, 9.17) is 10.00 Å². The van der Waals surface area contributed by atoms with Crippen molar-refractivity contribution < 1.29 is 29.3 Å². The number of fused-ring (bicyclic) bond motifs is 2. The van der Waals surface area contributed by atoms with E-state index in [0.717, 1.165) is 33.4 Å². The Morgan fingerprint density at radius 1 is 0.926 bits per heavy atom. The van der Waals surface area contributed by atoms with E-state index in [-0.39, 0.29) is 30.0 Å². The lowest BCUT2D eigenvalue weighted by Gasteiger charge is -2.42. The third kappa shape index (κ3) is 7.27. The summed E-state index contributed by atoms with van der Waals surface area (Å²) in [7, 11) is 1.69. The predicted molar refractivity (Wildman–Crippen MR) is 204 cm³/mol. The number of rotatable bonds is 10. The number of amides is 2.